The zero-order chi connectivity index (χ0) is 14.3. The average Bonchev–Trinajstić information content (AvgIpc) is 3.00. The third-order valence-electron chi connectivity index (χ3n) is 5.27. The molecule has 1 saturated heterocycles. The second-order valence-electron chi connectivity index (χ2n) is 6.79. The topological polar surface area (TPSA) is 24.5 Å². The summed E-state index contributed by atoms with van der Waals surface area (Å²) >= 11 is 0. The van der Waals surface area contributed by atoms with Crippen LogP contribution in [0, 0.1) is 5.41 Å². The van der Waals surface area contributed by atoms with E-state index in [-0.39, 0.29) is 0 Å². The zero-order valence-corrected chi connectivity index (χ0v) is 13.6. The summed E-state index contributed by atoms with van der Waals surface area (Å²) in [5.74, 6) is 0. The van der Waals surface area contributed by atoms with Crippen molar-refractivity contribution in [3.63, 3.8) is 0 Å². The van der Waals surface area contributed by atoms with E-state index < -0.39 is 0 Å². The van der Waals surface area contributed by atoms with Gasteiger partial charge in [0.1, 0.15) is 0 Å². The van der Waals surface area contributed by atoms with Gasteiger partial charge in [-0.2, -0.15) is 0 Å². The molecule has 0 aromatic carbocycles. The Morgan fingerprint density at radius 2 is 1.85 bits per heavy atom. The largest absolute Gasteiger partial charge is 0.381 e. The Labute approximate surface area is 125 Å². The molecule has 118 valence electrons. The Kier molecular flexibility index (Phi) is 6.79. The molecule has 0 atom stereocenters. The van der Waals surface area contributed by atoms with Crippen molar-refractivity contribution in [2.24, 2.45) is 5.41 Å². The second-order valence-corrected chi connectivity index (χ2v) is 6.79. The summed E-state index contributed by atoms with van der Waals surface area (Å²) in [6.45, 7) is 11.3. The van der Waals surface area contributed by atoms with Crippen molar-refractivity contribution in [1.29, 1.82) is 0 Å². The molecule has 0 bridgehead atoms. The Bertz CT molecular complexity index is 258. The number of rotatable bonds is 8. The summed E-state index contributed by atoms with van der Waals surface area (Å²) in [5.41, 5.74) is 0.450. The number of nitrogens with zero attached hydrogens (tertiary/aromatic N) is 1. The van der Waals surface area contributed by atoms with Gasteiger partial charge in [-0.05, 0) is 50.6 Å². The van der Waals surface area contributed by atoms with Gasteiger partial charge in [-0.3, -0.25) is 0 Å². The smallest absolute Gasteiger partial charge is 0.0472 e. The molecule has 3 nitrogen and oxygen atoms in total. The van der Waals surface area contributed by atoms with Crippen LogP contribution in [0.3, 0.4) is 0 Å². The number of hydrogen-bond acceptors (Lipinski definition) is 3. The third kappa shape index (κ3) is 4.44. The van der Waals surface area contributed by atoms with Crippen LogP contribution in [0.15, 0.2) is 0 Å². The summed E-state index contributed by atoms with van der Waals surface area (Å²) in [4.78, 5) is 2.77. The van der Waals surface area contributed by atoms with E-state index in [0.29, 0.717) is 5.41 Å². The van der Waals surface area contributed by atoms with Gasteiger partial charge in [-0.1, -0.05) is 26.7 Å². The highest BCUT2D eigenvalue weighted by atomic mass is 16.5. The lowest BCUT2D eigenvalue weighted by Crippen LogP contribution is -2.49. The molecule has 1 N–H and O–H groups in total. The maximum absolute atomic E-state index is 5.63. The minimum atomic E-state index is 0.450. The SMILES string of the molecule is CCCNCC1(CN(CC)C2CCCC2)CCOCC1. The lowest BCUT2D eigenvalue weighted by atomic mass is 9.79. The first-order chi connectivity index (χ1) is 9.79. The predicted octanol–water partition coefficient (Wildman–Crippen LogP) is 3.05. The van der Waals surface area contributed by atoms with Crippen molar-refractivity contribution in [3.05, 3.63) is 0 Å². The Hall–Kier alpha value is -0.120. The minimum Gasteiger partial charge on any atom is -0.381 e. The van der Waals surface area contributed by atoms with E-state index in [9.17, 15) is 0 Å². The van der Waals surface area contributed by atoms with Crippen molar-refractivity contribution >= 4 is 0 Å². The molecular formula is C17H34N2O. The van der Waals surface area contributed by atoms with Crippen LogP contribution >= 0.6 is 0 Å². The first-order valence-corrected chi connectivity index (χ1v) is 8.82. The van der Waals surface area contributed by atoms with Gasteiger partial charge in [0.2, 0.25) is 0 Å². The normalized spacial score (nSPS) is 23.6. The van der Waals surface area contributed by atoms with E-state index in [4.69, 9.17) is 4.74 Å². The summed E-state index contributed by atoms with van der Waals surface area (Å²) in [7, 11) is 0. The first-order valence-electron chi connectivity index (χ1n) is 8.82. The number of nitrogens with one attached hydrogen (secondary N) is 1. The molecule has 0 aromatic heterocycles. The van der Waals surface area contributed by atoms with Gasteiger partial charge in [0.15, 0.2) is 0 Å². The highest BCUT2D eigenvalue weighted by molar-refractivity contribution is 4.89. The number of hydrogen-bond donors (Lipinski definition) is 1. The summed E-state index contributed by atoms with van der Waals surface area (Å²) < 4.78 is 5.63. The monoisotopic (exact) mass is 282 g/mol. The van der Waals surface area contributed by atoms with Gasteiger partial charge in [0, 0.05) is 32.3 Å². The van der Waals surface area contributed by atoms with E-state index in [1.54, 1.807) is 0 Å². The maximum atomic E-state index is 5.63. The molecule has 1 saturated carbocycles. The fourth-order valence-corrected chi connectivity index (χ4v) is 3.92. The Morgan fingerprint density at radius 3 is 2.45 bits per heavy atom. The quantitative estimate of drug-likeness (QED) is 0.693. The van der Waals surface area contributed by atoms with Gasteiger partial charge in [0.25, 0.3) is 0 Å². The van der Waals surface area contributed by atoms with Crippen molar-refractivity contribution in [3.8, 4) is 0 Å². The van der Waals surface area contributed by atoms with Crippen LogP contribution in [-0.4, -0.2) is 50.3 Å². The minimum absolute atomic E-state index is 0.450. The highest BCUT2D eigenvalue weighted by Gasteiger charge is 2.36. The molecule has 0 amide bonds. The summed E-state index contributed by atoms with van der Waals surface area (Å²) in [6, 6.07) is 0.853. The molecule has 0 unspecified atom stereocenters. The molecular weight excluding hydrogens is 248 g/mol. The molecule has 2 aliphatic rings. The third-order valence-corrected chi connectivity index (χ3v) is 5.27. The standard InChI is InChI=1S/C17H34N2O/c1-3-11-18-14-17(9-12-20-13-10-17)15-19(4-2)16-7-5-6-8-16/h16,18H,3-15H2,1-2H3. The van der Waals surface area contributed by atoms with Crippen molar-refractivity contribution in [1.82, 2.24) is 10.2 Å². The summed E-state index contributed by atoms with van der Waals surface area (Å²) in [6.07, 6.45) is 9.40. The van der Waals surface area contributed by atoms with Crippen LogP contribution < -0.4 is 5.32 Å². The van der Waals surface area contributed by atoms with E-state index >= 15 is 0 Å². The fourth-order valence-electron chi connectivity index (χ4n) is 3.92. The molecule has 1 aliphatic heterocycles. The van der Waals surface area contributed by atoms with Crippen LogP contribution in [0.5, 0.6) is 0 Å². The van der Waals surface area contributed by atoms with Crippen LogP contribution in [0.2, 0.25) is 0 Å². The zero-order valence-electron chi connectivity index (χ0n) is 13.6. The van der Waals surface area contributed by atoms with Crippen LogP contribution in [0.25, 0.3) is 0 Å². The lowest BCUT2D eigenvalue weighted by Gasteiger charge is -2.43. The Balaban J connectivity index is 1.93. The maximum Gasteiger partial charge on any atom is 0.0472 e. The van der Waals surface area contributed by atoms with Crippen molar-refractivity contribution in [2.75, 3.05) is 39.4 Å². The first kappa shape index (κ1) is 16.3. The predicted molar refractivity (Wildman–Crippen MR) is 85.1 cm³/mol. The van der Waals surface area contributed by atoms with E-state index in [1.807, 2.05) is 0 Å². The van der Waals surface area contributed by atoms with E-state index in [1.165, 1.54) is 64.6 Å². The van der Waals surface area contributed by atoms with Crippen LogP contribution in [0.1, 0.15) is 58.8 Å². The molecule has 0 spiro atoms. The lowest BCUT2D eigenvalue weighted by molar-refractivity contribution is -0.0104. The van der Waals surface area contributed by atoms with E-state index in [2.05, 4.69) is 24.1 Å². The molecule has 0 aromatic rings. The summed E-state index contributed by atoms with van der Waals surface area (Å²) in [5, 5.41) is 3.68. The van der Waals surface area contributed by atoms with Gasteiger partial charge >= 0.3 is 0 Å². The molecule has 0 radical (unpaired) electrons. The molecule has 3 heteroatoms. The number of ether oxygens (including phenoxy) is 1. The van der Waals surface area contributed by atoms with Gasteiger partial charge < -0.3 is 15.0 Å². The van der Waals surface area contributed by atoms with Crippen molar-refractivity contribution < 1.29 is 4.74 Å². The average molecular weight is 282 g/mol. The van der Waals surface area contributed by atoms with Crippen LogP contribution in [0.4, 0.5) is 0 Å². The fraction of sp³-hybridized carbons (Fsp3) is 1.00. The van der Waals surface area contributed by atoms with Crippen molar-refractivity contribution in [2.45, 2.75) is 64.8 Å². The Morgan fingerprint density at radius 1 is 1.15 bits per heavy atom. The molecule has 1 heterocycles. The molecule has 2 rings (SSSR count). The molecule has 2 fully saturated rings. The highest BCUT2D eigenvalue weighted by Crippen LogP contribution is 2.33. The van der Waals surface area contributed by atoms with Gasteiger partial charge in [-0.15, -0.1) is 0 Å². The van der Waals surface area contributed by atoms with Gasteiger partial charge in [-0.25, -0.2) is 0 Å². The van der Waals surface area contributed by atoms with Gasteiger partial charge in [0.05, 0.1) is 0 Å². The van der Waals surface area contributed by atoms with Crippen LogP contribution in [-0.2, 0) is 4.74 Å². The molecule has 1 aliphatic carbocycles. The molecule has 20 heavy (non-hydrogen) atoms. The van der Waals surface area contributed by atoms with E-state index in [0.717, 1.165) is 25.8 Å². The second kappa shape index (κ2) is 8.35.